The third kappa shape index (κ3) is 5.96. The van der Waals surface area contributed by atoms with Gasteiger partial charge >= 0.3 is 0 Å². The van der Waals surface area contributed by atoms with Gasteiger partial charge < -0.3 is 0 Å². The Morgan fingerprint density at radius 3 is 1.78 bits per heavy atom. The smallest absolute Gasteiger partial charge is 0.270 e. The van der Waals surface area contributed by atoms with Crippen LogP contribution in [0.2, 0.25) is 0 Å². The minimum absolute atomic E-state index is 0.143. The first-order valence-electron chi connectivity index (χ1n) is 13.8. The predicted octanol–water partition coefficient (Wildman–Crippen LogP) is 4.11. The van der Waals surface area contributed by atoms with Crippen LogP contribution in [0.25, 0.3) is 23.5 Å². The number of piperidine rings is 1. The zero-order chi connectivity index (χ0) is 31.7. The van der Waals surface area contributed by atoms with Gasteiger partial charge in [0, 0.05) is 36.4 Å². The quantitative estimate of drug-likeness (QED) is 0.148. The molecule has 2 aromatic heterocycles. The Balaban J connectivity index is 1.40. The van der Waals surface area contributed by atoms with Crippen LogP contribution in [0.5, 0.6) is 0 Å². The number of carbonyl (C=O) groups is 1. The molecule has 0 atom stereocenters. The molecule has 0 bridgehead atoms. The third-order valence-corrected chi connectivity index (χ3v) is 9.12. The molecule has 0 radical (unpaired) electrons. The van der Waals surface area contributed by atoms with Crippen molar-refractivity contribution in [1.82, 2.24) is 34.3 Å². The maximum atomic E-state index is 13.8. The molecular formula is C31H26N8O5S. The fourth-order valence-electron chi connectivity index (χ4n) is 5.00. The minimum atomic E-state index is -4.27. The summed E-state index contributed by atoms with van der Waals surface area (Å²) in [6, 6.07) is 20.0. The van der Waals surface area contributed by atoms with E-state index in [4.69, 9.17) is 0 Å². The fourth-order valence-corrected chi connectivity index (χ4v) is 6.44. The van der Waals surface area contributed by atoms with Gasteiger partial charge in [-0.2, -0.15) is 4.31 Å². The summed E-state index contributed by atoms with van der Waals surface area (Å²) in [5.41, 5.74) is 4.16. The maximum absolute atomic E-state index is 13.8. The number of aromatic nitrogens is 6. The van der Waals surface area contributed by atoms with Crippen LogP contribution in [0.4, 0.5) is 5.69 Å². The Kier molecular flexibility index (Phi) is 7.74. The Bertz CT molecular complexity index is 2020. The Hall–Kier alpha value is -5.60. The first-order chi connectivity index (χ1) is 21.6. The van der Waals surface area contributed by atoms with Crippen LogP contribution in [0, 0.1) is 24.0 Å². The van der Waals surface area contributed by atoms with Crippen LogP contribution >= 0.6 is 0 Å². The van der Waals surface area contributed by atoms with Gasteiger partial charge in [-0.3, -0.25) is 14.9 Å². The van der Waals surface area contributed by atoms with Crippen molar-refractivity contribution >= 4 is 33.6 Å². The molecule has 14 heteroatoms. The number of benzene rings is 3. The second kappa shape index (κ2) is 11.8. The number of non-ortho nitro benzene ring substituents is 1. The zero-order valence-corrected chi connectivity index (χ0v) is 25.0. The average Bonchev–Trinajstić information content (AvgIpc) is 3.69. The maximum Gasteiger partial charge on any atom is 0.270 e. The molecule has 226 valence electrons. The molecule has 1 aliphatic rings. The van der Waals surface area contributed by atoms with E-state index in [1.807, 2.05) is 62.4 Å². The van der Waals surface area contributed by atoms with E-state index < -0.39 is 20.7 Å². The van der Waals surface area contributed by atoms with Crippen LogP contribution in [-0.4, -0.2) is 66.5 Å². The number of sulfonamides is 1. The number of rotatable bonds is 7. The van der Waals surface area contributed by atoms with Crippen LogP contribution < -0.4 is 0 Å². The van der Waals surface area contributed by atoms with Crippen molar-refractivity contribution in [2.45, 2.75) is 18.7 Å². The molecule has 0 unspecified atom stereocenters. The lowest BCUT2D eigenvalue weighted by atomic mass is 9.97. The Morgan fingerprint density at radius 2 is 1.29 bits per heavy atom. The highest BCUT2D eigenvalue weighted by atomic mass is 32.2. The number of nitro groups is 1. The second-order valence-corrected chi connectivity index (χ2v) is 12.4. The molecule has 0 aliphatic carbocycles. The molecule has 1 fully saturated rings. The van der Waals surface area contributed by atoms with Crippen molar-refractivity contribution < 1.29 is 18.1 Å². The summed E-state index contributed by atoms with van der Waals surface area (Å²) >= 11 is 0. The van der Waals surface area contributed by atoms with E-state index in [9.17, 15) is 23.3 Å². The van der Waals surface area contributed by atoms with Gasteiger partial charge in [-0.05, 0) is 55.3 Å². The number of Topliss-reactive ketones (excluding diaryl/α,β-unsaturated/α-hetero) is 1. The first-order valence-corrected chi connectivity index (χ1v) is 15.2. The molecule has 3 heterocycles. The summed E-state index contributed by atoms with van der Waals surface area (Å²) in [6.45, 7) is 3.30. The van der Waals surface area contributed by atoms with Gasteiger partial charge in [-0.25, -0.2) is 17.8 Å². The molecule has 1 aliphatic heterocycles. The van der Waals surface area contributed by atoms with Crippen LogP contribution in [0.1, 0.15) is 22.5 Å². The standard InChI is InChI=1S/C31H26N8O5S/c1-21-8-3-5-12-29(21)37-19-25(32-34-37)14-23-17-36(45(43,44)28-11-7-10-27(16-28)39(41)42)18-24(31(23)40)15-26-20-38(35-33-26)30-13-6-4-9-22(30)2/h3-16,19-20H,17-18H2,1-2H3. The molecule has 3 aromatic carbocycles. The van der Waals surface area contributed by atoms with Gasteiger partial charge in [0.1, 0.15) is 11.4 Å². The predicted molar refractivity (Wildman–Crippen MR) is 165 cm³/mol. The van der Waals surface area contributed by atoms with E-state index in [0.29, 0.717) is 11.4 Å². The molecule has 0 N–H and O–H groups in total. The van der Waals surface area contributed by atoms with E-state index in [1.54, 1.807) is 21.8 Å². The lowest BCUT2D eigenvalue weighted by Crippen LogP contribution is -2.41. The monoisotopic (exact) mass is 622 g/mol. The molecule has 13 nitrogen and oxygen atoms in total. The number of carbonyl (C=O) groups excluding carboxylic acids is 1. The summed E-state index contributed by atoms with van der Waals surface area (Å²) < 4.78 is 31.8. The highest BCUT2D eigenvalue weighted by Gasteiger charge is 2.35. The lowest BCUT2D eigenvalue weighted by molar-refractivity contribution is -0.385. The van der Waals surface area contributed by atoms with Crippen molar-refractivity contribution in [3.8, 4) is 11.4 Å². The van der Waals surface area contributed by atoms with Crippen molar-refractivity contribution in [3.05, 3.63) is 129 Å². The van der Waals surface area contributed by atoms with E-state index in [1.165, 1.54) is 30.4 Å². The summed E-state index contributed by atoms with van der Waals surface area (Å²) in [5.74, 6) is -0.392. The summed E-state index contributed by atoms with van der Waals surface area (Å²) in [6.07, 6.45) is 6.29. The number of aryl methyl sites for hydroxylation is 2. The van der Waals surface area contributed by atoms with Crippen LogP contribution in [-0.2, 0) is 14.8 Å². The van der Waals surface area contributed by atoms with E-state index >= 15 is 0 Å². The largest absolute Gasteiger partial charge is 0.289 e. The summed E-state index contributed by atoms with van der Waals surface area (Å²) in [5, 5.41) is 28.1. The SMILES string of the molecule is Cc1ccccc1-n1cc(C=C2CN(S(=O)(=O)c3cccc([N+](=O)[O-])c3)CC(=Cc3cn(-c4ccccc4C)nn3)C2=O)nn1. The Labute approximate surface area is 257 Å². The average molecular weight is 623 g/mol. The van der Waals surface area contributed by atoms with Gasteiger partial charge in [0.05, 0.1) is 33.6 Å². The number of hydrogen-bond acceptors (Lipinski definition) is 9. The van der Waals surface area contributed by atoms with Crippen LogP contribution in [0.3, 0.4) is 0 Å². The highest BCUT2D eigenvalue weighted by Crippen LogP contribution is 2.28. The fraction of sp³-hybridized carbons (Fsp3) is 0.129. The molecule has 0 spiro atoms. The molecule has 1 saturated heterocycles. The van der Waals surface area contributed by atoms with Gasteiger partial charge in [-0.15, -0.1) is 10.2 Å². The zero-order valence-electron chi connectivity index (χ0n) is 24.2. The second-order valence-electron chi connectivity index (χ2n) is 10.4. The van der Waals surface area contributed by atoms with E-state index in [2.05, 4.69) is 20.6 Å². The third-order valence-electron chi connectivity index (χ3n) is 7.33. The van der Waals surface area contributed by atoms with Crippen molar-refractivity contribution in [2.75, 3.05) is 13.1 Å². The number of nitro benzene ring substituents is 1. The van der Waals surface area contributed by atoms with Gasteiger partial charge in [0.2, 0.25) is 10.0 Å². The van der Waals surface area contributed by atoms with Gasteiger partial charge in [0.15, 0.2) is 5.78 Å². The number of ketones is 1. The molecule has 45 heavy (non-hydrogen) atoms. The minimum Gasteiger partial charge on any atom is -0.289 e. The summed E-state index contributed by atoms with van der Waals surface area (Å²) in [7, 11) is -4.27. The van der Waals surface area contributed by atoms with E-state index in [-0.39, 0.29) is 34.8 Å². The number of para-hydroxylation sites is 2. The van der Waals surface area contributed by atoms with Crippen molar-refractivity contribution in [1.29, 1.82) is 0 Å². The summed E-state index contributed by atoms with van der Waals surface area (Å²) in [4.78, 5) is 24.2. The molecule has 5 aromatic rings. The lowest BCUT2D eigenvalue weighted by Gasteiger charge is -2.28. The molecule has 0 amide bonds. The van der Waals surface area contributed by atoms with Crippen molar-refractivity contribution in [2.24, 2.45) is 0 Å². The number of hydrogen-bond donors (Lipinski definition) is 0. The Morgan fingerprint density at radius 1 is 0.778 bits per heavy atom. The molecule has 0 saturated carbocycles. The normalized spacial score (nSPS) is 16.0. The van der Waals surface area contributed by atoms with Crippen molar-refractivity contribution in [3.63, 3.8) is 0 Å². The van der Waals surface area contributed by atoms with Gasteiger partial charge in [-0.1, -0.05) is 52.9 Å². The van der Waals surface area contributed by atoms with E-state index in [0.717, 1.165) is 32.9 Å². The number of nitrogens with zero attached hydrogens (tertiary/aromatic N) is 8. The van der Waals surface area contributed by atoms with Gasteiger partial charge in [0.25, 0.3) is 5.69 Å². The first kappa shape index (κ1) is 29.5. The highest BCUT2D eigenvalue weighted by molar-refractivity contribution is 7.89. The molecule has 6 rings (SSSR count). The van der Waals surface area contributed by atoms with Crippen LogP contribution in [0.15, 0.2) is 101 Å². The topological polar surface area (TPSA) is 159 Å². The molecular weight excluding hydrogens is 596 g/mol.